The average Bonchev–Trinajstić information content (AvgIpc) is 2.59. The predicted octanol–water partition coefficient (Wildman–Crippen LogP) is 6.99. The second-order valence-corrected chi connectivity index (χ2v) is 15.9. The summed E-state index contributed by atoms with van der Waals surface area (Å²) < 4.78 is 0. The summed E-state index contributed by atoms with van der Waals surface area (Å²) in [5.74, 6) is 1.82. The molecule has 2 aromatic rings. The van der Waals surface area contributed by atoms with Gasteiger partial charge in [0.05, 0.1) is 8.07 Å². The van der Waals surface area contributed by atoms with E-state index in [0.717, 1.165) is 5.56 Å². The van der Waals surface area contributed by atoms with Crippen molar-refractivity contribution in [2.24, 2.45) is 11.8 Å². The van der Waals surface area contributed by atoms with E-state index in [4.69, 9.17) is 0 Å². The highest BCUT2D eigenvalue weighted by Crippen LogP contribution is 2.36. The lowest BCUT2D eigenvalue weighted by Crippen LogP contribution is -2.52. The van der Waals surface area contributed by atoms with Gasteiger partial charge in [-0.3, -0.25) is 0 Å². The van der Waals surface area contributed by atoms with Crippen LogP contribution in [0.1, 0.15) is 54.0 Å². The van der Waals surface area contributed by atoms with Crippen molar-refractivity contribution in [2.45, 2.75) is 70.9 Å². The summed E-state index contributed by atoms with van der Waals surface area (Å²) in [6.45, 7) is 16.0. The fourth-order valence-corrected chi connectivity index (χ4v) is 12.7. The summed E-state index contributed by atoms with van der Waals surface area (Å²) in [7, 11) is -1.66. The lowest BCUT2D eigenvalue weighted by molar-refractivity contribution is 0.446. The SMILES string of the molecule is CC(C)C[Si](CSc1ccc(O)c(C(C)(C)C)c1)(CC(C)C)c1ccccc1. The van der Waals surface area contributed by atoms with E-state index in [1.165, 1.54) is 22.4 Å². The number of phenols is 1. The monoisotopic (exact) mass is 414 g/mol. The number of rotatable bonds is 8. The molecule has 2 rings (SSSR count). The van der Waals surface area contributed by atoms with Crippen molar-refractivity contribution in [3.05, 3.63) is 54.1 Å². The smallest absolute Gasteiger partial charge is 0.119 e. The quantitative estimate of drug-likeness (QED) is 0.371. The summed E-state index contributed by atoms with van der Waals surface area (Å²) in [6, 6.07) is 20.1. The Bertz CT molecular complexity index is 737. The molecule has 0 atom stereocenters. The molecule has 0 saturated carbocycles. The number of phenolic OH excluding ortho intramolecular Hbond substituents is 1. The lowest BCUT2D eigenvalue weighted by atomic mass is 9.86. The molecule has 0 heterocycles. The van der Waals surface area contributed by atoms with Gasteiger partial charge in [-0.15, -0.1) is 11.8 Å². The van der Waals surface area contributed by atoms with Crippen LogP contribution in [0.2, 0.25) is 12.1 Å². The summed E-state index contributed by atoms with van der Waals surface area (Å²) in [5, 5.41) is 13.1. The van der Waals surface area contributed by atoms with Crippen LogP contribution in [0, 0.1) is 11.8 Å². The first kappa shape index (κ1) is 23.1. The number of hydrogen-bond acceptors (Lipinski definition) is 2. The van der Waals surface area contributed by atoms with Crippen LogP contribution in [0.4, 0.5) is 0 Å². The number of thioether (sulfide) groups is 1. The molecule has 3 heteroatoms. The van der Waals surface area contributed by atoms with E-state index < -0.39 is 8.07 Å². The van der Waals surface area contributed by atoms with Crippen LogP contribution >= 0.6 is 11.8 Å². The Morgan fingerprint density at radius 2 is 1.46 bits per heavy atom. The highest BCUT2D eigenvalue weighted by atomic mass is 32.2. The second kappa shape index (κ2) is 9.54. The highest BCUT2D eigenvalue weighted by molar-refractivity contribution is 8.01. The van der Waals surface area contributed by atoms with Gasteiger partial charge in [-0.25, -0.2) is 0 Å². The molecule has 0 spiro atoms. The third kappa shape index (κ3) is 6.15. The van der Waals surface area contributed by atoms with Gasteiger partial charge >= 0.3 is 0 Å². The van der Waals surface area contributed by atoms with Crippen molar-refractivity contribution in [3.63, 3.8) is 0 Å². The Balaban J connectivity index is 2.38. The van der Waals surface area contributed by atoms with Gasteiger partial charge in [0.1, 0.15) is 5.75 Å². The molecular weight excluding hydrogens is 376 g/mol. The molecule has 2 aromatic carbocycles. The Labute approximate surface area is 178 Å². The first-order valence-corrected chi connectivity index (χ1v) is 14.2. The van der Waals surface area contributed by atoms with Crippen molar-refractivity contribution in [3.8, 4) is 5.75 Å². The number of hydrogen-bond donors (Lipinski definition) is 1. The minimum Gasteiger partial charge on any atom is -0.508 e. The fourth-order valence-electron chi connectivity index (χ4n) is 4.30. The van der Waals surface area contributed by atoms with Gasteiger partial charge in [-0.05, 0) is 40.8 Å². The molecule has 1 N–H and O–H groups in total. The molecule has 0 aliphatic carbocycles. The molecule has 28 heavy (non-hydrogen) atoms. The molecule has 0 unspecified atom stereocenters. The van der Waals surface area contributed by atoms with E-state index >= 15 is 0 Å². The Morgan fingerprint density at radius 3 is 1.96 bits per heavy atom. The predicted molar refractivity (Wildman–Crippen MR) is 129 cm³/mol. The minimum absolute atomic E-state index is 0.0511. The van der Waals surface area contributed by atoms with Crippen LogP contribution < -0.4 is 5.19 Å². The van der Waals surface area contributed by atoms with Gasteiger partial charge in [0.15, 0.2) is 0 Å². The molecule has 0 fully saturated rings. The first-order valence-electron chi connectivity index (χ1n) is 10.6. The second-order valence-electron chi connectivity index (χ2n) is 10.1. The zero-order chi connectivity index (χ0) is 20.9. The molecule has 0 aliphatic heterocycles. The molecular formula is C25H38OSSi. The number of aromatic hydroxyl groups is 1. The van der Waals surface area contributed by atoms with E-state index in [-0.39, 0.29) is 5.41 Å². The molecule has 0 radical (unpaired) electrons. The lowest BCUT2D eigenvalue weighted by Gasteiger charge is -2.35. The van der Waals surface area contributed by atoms with Gasteiger partial charge in [0, 0.05) is 10.5 Å². The zero-order valence-corrected chi connectivity index (χ0v) is 20.6. The van der Waals surface area contributed by atoms with E-state index in [0.29, 0.717) is 17.6 Å². The van der Waals surface area contributed by atoms with Crippen molar-refractivity contribution in [1.82, 2.24) is 0 Å². The van der Waals surface area contributed by atoms with Crippen LogP contribution in [-0.2, 0) is 5.41 Å². The maximum absolute atomic E-state index is 10.3. The van der Waals surface area contributed by atoms with Crippen LogP contribution in [0.15, 0.2) is 53.4 Å². The zero-order valence-electron chi connectivity index (χ0n) is 18.8. The topological polar surface area (TPSA) is 20.2 Å². The third-order valence-electron chi connectivity index (χ3n) is 5.28. The molecule has 0 saturated heterocycles. The third-order valence-corrected chi connectivity index (χ3v) is 13.4. The number of benzene rings is 2. The Morgan fingerprint density at radius 1 is 0.893 bits per heavy atom. The summed E-state index contributed by atoms with van der Waals surface area (Å²) in [6.07, 6.45) is 0. The van der Waals surface area contributed by atoms with E-state index in [2.05, 4.69) is 90.9 Å². The van der Waals surface area contributed by atoms with Crippen LogP contribution in [-0.4, -0.2) is 18.6 Å². The van der Waals surface area contributed by atoms with Gasteiger partial charge < -0.3 is 5.11 Å². The molecule has 0 aromatic heterocycles. The van der Waals surface area contributed by atoms with E-state index in [9.17, 15) is 5.11 Å². The highest BCUT2D eigenvalue weighted by Gasteiger charge is 2.36. The Hall–Kier alpha value is -1.19. The molecule has 154 valence electrons. The normalized spacial score (nSPS) is 12.8. The van der Waals surface area contributed by atoms with Crippen LogP contribution in [0.3, 0.4) is 0 Å². The Kier molecular flexibility index (Phi) is 7.86. The van der Waals surface area contributed by atoms with Gasteiger partial charge in [0.2, 0.25) is 0 Å². The summed E-state index contributed by atoms with van der Waals surface area (Å²) in [5.41, 5.74) is 0.988. The van der Waals surface area contributed by atoms with Crippen molar-refractivity contribution < 1.29 is 5.11 Å². The maximum atomic E-state index is 10.3. The van der Waals surface area contributed by atoms with Crippen molar-refractivity contribution in [1.29, 1.82) is 0 Å². The van der Waals surface area contributed by atoms with Crippen LogP contribution in [0.25, 0.3) is 0 Å². The molecule has 0 bridgehead atoms. The fraction of sp³-hybridized carbons (Fsp3) is 0.520. The average molecular weight is 415 g/mol. The minimum atomic E-state index is -1.66. The largest absolute Gasteiger partial charge is 0.508 e. The first-order chi connectivity index (χ1) is 13.0. The van der Waals surface area contributed by atoms with Crippen molar-refractivity contribution in [2.75, 3.05) is 5.38 Å². The van der Waals surface area contributed by atoms with E-state index in [1.54, 1.807) is 5.19 Å². The van der Waals surface area contributed by atoms with Gasteiger partial charge in [-0.1, -0.05) is 96.1 Å². The standard InChI is InChI=1S/C25H38OSSi/c1-19(2)16-28(17-20(3)4,22-11-9-8-10-12-22)18-27-21-13-14-24(26)23(15-21)25(5,6)7/h8-15,19-20,26H,16-18H2,1-7H3. The van der Waals surface area contributed by atoms with E-state index in [1.807, 2.05) is 17.8 Å². The van der Waals surface area contributed by atoms with Gasteiger partial charge in [-0.2, -0.15) is 0 Å². The van der Waals surface area contributed by atoms with Gasteiger partial charge in [0.25, 0.3) is 0 Å². The molecule has 0 aliphatic rings. The summed E-state index contributed by atoms with van der Waals surface area (Å²) >= 11 is 2.00. The molecule has 1 nitrogen and oxygen atoms in total. The van der Waals surface area contributed by atoms with Crippen LogP contribution in [0.5, 0.6) is 5.75 Å². The molecule has 0 amide bonds. The van der Waals surface area contributed by atoms with Crippen molar-refractivity contribution >= 4 is 25.0 Å². The summed E-state index contributed by atoms with van der Waals surface area (Å²) in [4.78, 5) is 1.28. The maximum Gasteiger partial charge on any atom is 0.119 e.